The molecule has 0 fully saturated rings. The van der Waals surface area contributed by atoms with Crippen molar-refractivity contribution in [1.82, 2.24) is 4.90 Å². The van der Waals surface area contributed by atoms with Gasteiger partial charge in [-0.2, -0.15) is 0 Å². The van der Waals surface area contributed by atoms with Crippen LogP contribution in [0.15, 0.2) is 0 Å². The summed E-state index contributed by atoms with van der Waals surface area (Å²) in [7, 11) is 1.42. The highest BCUT2D eigenvalue weighted by Crippen LogP contribution is 2.22. The number of ether oxygens (including phenoxy) is 1. The van der Waals surface area contributed by atoms with Crippen molar-refractivity contribution in [2.75, 3.05) is 7.05 Å². The molecule has 0 spiro atoms. The number of carboxylic acids is 1. The molecule has 0 aromatic carbocycles. The van der Waals surface area contributed by atoms with Gasteiger partial charge in [0.25, 0.3) is 0 Å². The predicted molar refractivity (Wildman–Crippen MR) is 80.1 cm³/mol. The molecular formula is C15H29NO5. The average Bonchev–Trinajstić information content (AvgIpc) is 2.22. The highest BCUT2D eigenvalue weighted by Gasteiger charge is 2.34. The van der Waals surface area contributed by atoms with Crippen LogP contribution in [0.2, 0.25) is 0 Å². The fourth-order valence-electron chi connectivity index (χ4n) is 1.98. The summed E-state index contributed by atoms with van der Waals surface area (Å²) in [6, 6.07) is -0.984. The molecule has 0 rings (SSSR count). The van der Waals surface area contributed by atoms with Gasteiger partial charge >= 0.3 is 12.1 Å². The Morgan fingerprint density at radius 3 is 2.00 bits per heavy atom. The van der Waals surface area contributed by atoms with Crippen LogP contribution in [0.5, 0.6) is 0 Å². The molecule has 1 amide bonds. The van der Waals surface area contributed by atoms with Crippen LogP contribution in [0.1, 0.15) is 54.4 Å². The minimum Gasteiger partial charge on any atom is -0.480 e. The summed E-state index contributed by atoms with van der Waals surface area (Å²) in [6.07, 6.45) is 0.290. The SMILES string of the molecule is CC(CCC(C)(C)O)C(C(=O)O)N(C)C(=O)OC(C)(C)C. The lowest BCUT2D eigenvalue weighted by Gasteiger charge is -2.32. The smallest absolute Gasteiger partial charge is 0.410 e. The first-order valence-corrected chi connectivity index (χ1v) is 7.15. The summed E-state index contributed by atoms with van der Waals surface area (Å²) in [4.78, 5) is 24.6. The van der Waals surface area contributed by atoms with E-state index < -0.39 is 29.3 Å². The normalized spacial score (nSPS) is 15.2. The summed E-state index contributed by atoms with van der Waals surface area (Å²) >= 11 is 0. The van der Waals surface area contributed by atoms with E-state index in [2.05, 4.69) is 0 Å². The molecule has 0 radical (unpaired) electrons. The van der Waals surface area contributed by atoms with Gasteiger partial charge in [0.1, 0.15) is 11.6 Å². The van der Waals surface area contributed by atoms with Crippen LogP contribution in [0.25, 0.3) is 0 Å². The van der Waals surface area contributed by atoms with E-state index in [9.17, 15) is 19.8 Å². The molecule has 0 aliphatic heterocycles. The second-order valence-electron chi connectivity index (χ2n) is 7.20. The maximum absolute atomic E-state index is 12.0. The molecule has 124 valence electrons. The zero-order valence-electron chi connectivity index (χ0n) is 14.1. The highest BCUT2D eigenvalue weighted by atomic mass is 16.6. The Morgan fingerprint density at radius 1 is 1.19 bits per heavy atom. The topological polar surface area (TPSA) is 87.1 Å². The molecule has 6 heteroatoms. The first-order valence-electron chi connectivity index (χ1n) is 7.15. The number of hydrogen-bond acceptors (Lipinski definition) is 4. The predicted octanol–water partition coefficient (Wildman–Crippen LogP) is 2.49. The van der Waals surface area contributed by atoms with Crippen LogP contribution < -0.4 is 0 Å². The number of aliphatic carboxylic acids is 1. The number of carbonyl (C=O) groups is 2. The van der Waals surface area contributed by atoms with Gasteiger partial charge in [-0.25, -0.2) is 9.59 Å². The monoisotopic (exact) mass is 303 g/mol. The van der Waals surface area contributed by atoms with Crippen molar-refractivity contribution in [3.63, 3.8) is 0 Å². The van der Waals surface area contributed by atoms with E-state index in [1.54, 1.807) is 41.5 Å². The van der Waals surface area contributed by atoms with Gasteiger partial charge in [-0.3, -0.25) is 4.90 Å². The van der Waals surface area contributed by atoms with E-state index >= 15 is 0 Å². The molecule has 0 saturated carbocycles. The van der Waals surface area contributed by atoms with Crippen LogP contribution in [-0.2, 0) is 9.53 Å². The van der Waals surface area contributed by atoms with E-state index in [4.69, 9.17) is 4.74 Å². The molecule has 2 N–H and O–H groups in total. The van der Waals surface area contributed by atoms with Crippen molar-refractivity contribution in [1.29, 1.82) is 0 Å². The quantitative estimate of drug-likeness (QED) is 0.787. The van der Waals surface area contributed by atoms with E-state index in [0.29, 0.717) is 12.8 Å². The molecule has 0 aliphatic rings. The highest BCUT2D eigenvalue weighted by molar-refractivity contribution is 5.80. The lowest BCUT2D eigenvalue weighted by Crippen LogP contribution is -2.48. The van der Waals surface area contributed by atoms with E-state index in [-0.39, 0.29) is 5.92 Å². The van der Waals surface area contributed by atoms with Crippen LogP contribution >= 0.6 is 0 Å². The average molecular weight is 303 g/mol. The van der Waals surface area contributed by atoms with Gasteiger partial charge in [-0.05, 0) is 53.4 Å². The first-order chi connectivity index (χ1) is 9.24. The number of hydrogen-bond donors (Lipinski definition) is 2. The fourth-order valence-corrected chi connectivity index (χ4v) is 1.98. The van der Waals surface area contributed by atoms with Gasteiger partial charge in [-0.1, -0.05) is 6.92 Å². The Bertz CT molecular complexity index is 367. The summed E-state index contributed by atoms with van der Waals surface area (Å²) in [5, 5.41) is 19.1. The van der Waals surface area contributed by atoms with E-state index in [1.807, 2.05) is 0 Å². The number of aliphatic hydroxyl groups is 1. The van der Waals surface area contributed by atoms with Gasteiger partial charge in [0.2, 0.25) is 0 Å². The summed E-state index contributed by atoms with van der Waals surface area (Å²) in [6.45, 7) is 10.3. The Hall–Kier alpha value is -1.30. The molecule has 0 aromatic rings. The third kappa shape index (κ3) is 7.90. The number of likely N-dealkylation sites (N-methyl/N-ethyl adjacent to an activating group) is 1. The largest absolute Gasteiger partial charge is 0.480 e. The van der Waals surface area contributed by atoms with Crippen LogP contribution in [0.4, 0.5) is 4.79 Å². The van der Waals surface area contributed by atoms with E-state index in [1.165, 1.54) is 7.05 Å². The number of rotatable bonds is 6. The second-order valence-corrected chi connectivity index (χ2v) is 7.20. The van der Waals surface area contributed by atoms with Crippen molar-refractivity contribution < 1.29 is 24.5 Å². The minimum absolute atomic E-state index is 0.300. The van der Waals surface area contributed by atoms with Crippen molar-refractivity contribution in [2.45, 2.75) is 71.6 Å². The molecule has 21 heavy (non-hydrogen) atoms. The van der Waals surface area contributed by atoms with Crippen molar-refractivity contribution in [2.24, 2.45) is 5.92 Å². The Balaban J connectivity index is 4.89. The zero-order valence-corrected chi connectivity index (χ0v) is 14.1. The molecule has 2 atom stereocenters. The number of amides is 1. The molecule has 0 heterocycles. The third-order valence-electron chi connectivity index (χ3n) is 3.10. The molecule has 6 nitrogen and oxygen atoms in total. The van der Waals surface area contributed by atoms with Gasteiger partial charge in [0.05, 0.1) is 5.60 Å². The van der Waals surface area contributed by atoms with Gasteiger partial charge in [0, 0.05) is 7.05 Å². The van der Waals surface area contributed by atoms with Crippen molar-refractivity contribution in [3.05, 3.63) is 0 Å². The summed E-state index contributed by atoms with van der Waals surface area (Å²) < 4.78 is 5.20. The van der Waals surface area contributed by atoms with Gasteiger partial charge in [0.15, 0.2) is 0 Å². The zero-order chi connectivity index (χ0) is 17.0. The Morgan fingerprint density at radius 2 is 1.67 bits per heavy atom. The lowest BCUT2D eigenvalue weighted by atomic mass is 9.90. The van der Waals surface area contributed by atoms with Gasteiger partial charge < -0.3 is 14.9 Å². The molecule has 0 aromatic heterocycles. The van der Waals surface area contributed by atoms with Crippen molar-refractivity contribution >= 4 is 12.1 Å². The minimum atomic E-state index is -1.08. The molecule has 0 aliphatic carbocycles. The van der Waals surface area contributed by atoms with Gasteiger partial charge in [-0.15, -0.1) is 0 Å². The molecular weight excluding hydrogens is 274 g/mol. The third-order valence-corrected chi connectivity index (χ3v) is 3.10. The maximum Gasteiger partial charge on any atom is 0.410 e. The number of carbonyl (C=O) groups excluding carboxylic acids is 1. The standard InChI is InChI=1S/C15H29NO5/c1-10(8-9-15(5,6)20)11(12(17)18)16(7)13(19)21-14(2,3)4/h10-11,20H,8-9H2,1-7H3,(H,17,18). The maximum atomic E-state index is 12.0. The Kier molecular flexibility index (Phi) is 6.67. The second kappa shape index (κ2) is 7.11. The summed E-state index contributed by atoms with van der Waals surface area (Å²) in [5.74, 6) is -1.38. The molecule has 2 unspecified atom stereocenters. The molecule has 0 bridgehead atoms. The van der Waals surface area contributed by atoms with Crippen molar-refractivity contribution in [3.8, 4) is 0 Å². The number of nitrogens with zero attached hydrogens (tertiary/aromatic N) is 1. The van der Waals surface area contributed by atoms with Crippen LogP contribution in [-0.4, -0.2) is 51.5 Å². The Labute approximate surface area is 127 Å². The molecule has 0 saturated heterocycles. The van der Waals surface area contributed by atoms with Crippen LogP contribution in [0, 0.1) is 5.92 Å². The first kappa shape index (κ1) is 19.7. The van der Waals surface area contributed by atoms with Crippen LogP contribution in [0.3, 0.4) is 0 Å². The fraction of sp³-hybridized carbons (Fsp3) is 0.867. The number of carboxylic acid groups (broad SMARTS) is 1. The lowest BCUT2D eigenvalue weighted by molar-refractivity contribution is -0.144. The van der Waals surface area contributed by atoms with E-state index in [0.717, 1.165) is 4.90 Å². The summed E-state index contributed by atoms with van der Waals surface area (Å²) in [5.41, 5.74) is -1.54.